The molecule has 0 aliphatic rings. The molecule has 298 valence electrons. The number of nitrogens with one attached hydrogen (secondary N) is 5. The predicted molar refractivity (Wildman–Crippen MR) is 200 cm³/mol. The van der Waals surface area contributed by atoms with Crippen LogP contribution in [0.5, 0.6) is 0 Å². The molecule has 1 unspecified atom stereocenters. The minimum Gasteiger partial charge on any atom is -0.481 e. The average molecular weight is 747 g/mol. The Kier molecular flexibility index (Phi) is 20.4. The van der Waals surface area contributed by atoms with Gasteiger partial charge in [0.2, 0.25) is 29.5 Å². The van der Waals surface area contributed by atoms with Gasteiger partial charge in [-0.1, -0.05) is 99.1 Å². The van der Waals surface area contributed by atoms with Crippen molar-refractivity contribution in [3.63, 3.8) is 0 Å². The fourth-order valence-electron chi connectivity index (χ4n) is 5.73. The number of aliphatic carboxylic acids is 2. The second-order valence-electron chi connectivity index (χ2n) is 14.9. The van der Waals surface area contributed by atoms with Crippen molar-refractivity contribution < 1.29 is 43.8 Å². The summed E-state index contributed by atoms with van der Waals surface area (Å²) in [4.78, 5) is 92.8. The molecule has 0 bridgehead atoms. The summed E-state index contributed by atoms with van der Waals surface area (Å²) in [6.07, 6.45) is -0.420. The Labute approximate surface area is 313 Å². The number of benzene rings is 1. The first-order valence-electron chi connectivity index (χ1n) is 18.5. The molecule has 0 spiro atoms. The number of carboxylic acid groups (broad SMARTS) is 2. The lowest BCUT2D eigenvalue weighted by atomic mass is 9.95. The number of carboxylic acids is 2. The third-order valence-corrected chi connectivity index (χ3v) is 8.62. The molecule has 0 aliphatic carbocycles. The monoisotopic (exact) mass is 746 g/mol. The maximum Gasteiger partial charge on any atom is 0.326 e. The first kappa shape index (κ1) is 46.5. The van der Waals surface area contributed by atoms with Crippen LogP contribution in [0.25, 0.3) is 0 Å². The highest BCUT2D eigenvalue weighted by Gasteiger charge is 2.35. The van der Waals surface area contributed by atoms with Crippen LogP contribution < -0.4 is 26.6 Å². The lowest BCUT2D eigenvalue weighted by Gasteiger charge is -2.30. The third-order valence-electron chi connectivity index (χ3n) is 8.62. The van der Waals surface area contributed by atoms with Crippen LogP contribution in [0.1, 0.15) is 87.1 Å². The van der Waals surface area contributed by atoms with Crippen molar-refractivity contribution >= 4 is 41.5 Å². The van der Waals surface area contributed by atoms with Crippen molar-refractivity contribution in [3.8, 4) is 0 Å². The van der Waals surface area contributed by atoms with Gasteiger partial charge in [-0.05, 0) is 35.7 Å². The minimum atomic E-state index is -1.65. The van der Waals surface area contributed by atoms with Crippen molar-refractivity contribution in [3.05, 3.63) is 35.9 Å². The second kappa shape index (κ2) is 23.2. The van der Waals surface area contributed by atoms with Gasteiger partial charge in [0, 0.05) is 19.5 Å². The zero-order chi connectivity index (χ0) is 40.4. The van der Waals surface area contributed by atoms with Crippen molar-refractivity contribution in [2.45, 2.75) is 118 Å². The average Bonchev–Trinajstić information content (AvgIpc) is 3.06. The van der Waals surface area contributed by atoms with E-state index in [1.54, 1.807) is 51.1 Å². The molecule has 53 heavy (non-hydrogen) atoms. The minimum absolute atomic E-state index is 0.0142. The van der Waals surface area contributed by atoms with Crippen LogP contribution in [0, 0.1) is 23.7 Å². The van der Waals surface area contributed by atoms with E-state index in [1.165, 1.54) is 6.92 Å². The van der Waals surface area contributed by atoms with Gasteiger partial charge in [-0.2, -0.15) is 0 Å². The Hall–Kier alpha value is -4.53. The maximum atomic E-state index is 14.0. The van der Waals surface area contributed by atoms with Gasteiger partial charge >= 0.3 is 11.9 Å². The molecule has 0 fully saturated rings. The van der Waals surface area contributed by atoms with Crippen LogP contribution in [-0.4, -0.2) is 106 Å². The number of hydrogen-bond donors (Lipinski definition) is 7. The Morgan fingerprint density at radius 2 is 1.13 bits per heavy atom. The summed E-state index contributed by atoms with van der Waals surface area (Å²) in [7, 11) is 0. The van der Waals surface area contributed by atoms with E-state index < -0.39 is 78.1 Å². The Morgan fingerprint density at radius 1 is 0.623 bits per heavy atom. The number of amides is 5. The SMILES string of the molecule is CCC(NC(=O)[C@H](CC(=O)O)NC(=O)[C@H](Cc1ccccc1)NC(=O)[C@@H](NC(=O)[C@@H](NC(=O)CN(CC(C)C)CC(C)C)C(C)C)[C@@H](C)CC)C(=O)O. The molecule has 0 radical (unpaired) electrons. The highest BCUT2D eigenvalue weighted by molar-refractivity contribution is 5.97. The van der Waals surface area contributed by atoms with Crippen LogP contribution in [0.2, 0.25) is 0 Å². The zero-order valence-electron chi connectivity index (χ0n) is 32.7. The van der Waals surface area contributed by atoms with Crippen molar-refractivity contribution in [2.24, 2.45) is 23.7 Å². The summed E-state index contributed by atoms with van der Waals surface area (Å²) in [6.45, 7) is 18.5. The van der Waals surface area contributed by atoms with Gasteiger partial charge in [0.15, 0.2) is 0 Å². The molecule has 7 N–H and O–H groups in total. The molecule has 1 aromatic rings. The molecule has 15 nitrogen and oxygen atoms in total. The lowest BCUT2D eigenvalue weighted by molar-refractivity contribution is -0.143. The molecule has 0 heterocycles. The third kappa shape index (κ3) is 17.2. The largest absolute Gasteiger partial charge is 0.481 e. The Morgan fingerprint density at radius 3 is 1.60 bits per heavy atom. The van der Waals surface area contributed by atoms with Crippen LogP contribution in [0.15, 0.2) is 30.3 Å². The van der Waals surface area contributed by atoms with E-state index in [9.17, 15) is 43.8 Å². The number of carbonyl (C=O) groups is 7. The molecule has 1 aromatic carbocycles. The summed E-state index contributed by atoms with van der Waals surface area (Å²) >= 11 is 0. The van der Waals surface area contributed by atoms with Gasteiger partial charge < -0.3 is 36.8 Å². The number of carbonyl (C=O) groups excluding carboxylic acids is 5. The van der Waals surface area contributed by atoms with Crippen LogP contribution >= 0.6 is 0 Å². The predicted octanol–water partition coefficient (Wildman–Crippen LogP) is 1.94. The number of hydrogen-bond acceptors (Lipinski definition) is 8. The fraction of sp³-hybridized carbons (Fsp3) is 0.658. The molecule has 0 aliphatic heterocycles. The summed E-state index contributed by atoms with van der Waals surface area (Å²) in [5.74, 6) is -6.32. The van der Waals surface area contributed by atoms with E-state index in [1.807, 2.05) is 11.8 Å². The van der Waals surface area contributed by atoms with E-state index >= 15 is 0 Å². The maximum absolute atomic E-state index is 14.0. The summed E-state index contributed by atoms with van der Waals surface area (Å²) in [6, 6.07) is 2.30. The van der Waals surface area contributed by atoms with Gasteiger partial charge in [0.05, 0.1) is 13.0 Å². The quantitative estimate of drug-likeness (QED) is 0.0815. The summed E-state index contributed by atoms with van der Waals surface area (Å²) in [5, 5.41) is 31.8. The Bertz CT molecular complexity index is 1360. The van der Waals surface area contributed by atoms with Crippen LogP contribution in [0.4, 0.5) is 0 Å². The summed E-state index contributed by atoms with van der Waals surface area (Å²) < 4.78 is 0. The molecule has 1 rings (SSSR count). The van der Waals surface area contributed by atoms with E-state index in [2.05, 4.69) is 54.3 Å². The highest BCUT2D eigenvalue weighted by atomic mass is 16.4. The first-order valence-corrected chi connectivity index (χ1v) is 18.5. The topological polar surface area (TPSA) is 223 Å². The molecular weight excluding hydrogens is 684 g/mol. The van der Waals surface area contributed by atoms with Crippen molar-refractivity contribution in [1.82, 2.24) is 31.5 Å². The number of rotatable bonds is 24. The van der Waals surface area contributed by atoms with Crippen LogP contribution in [0.3, 0.4) is 0 Å². The smallest absolute Gasteiger partial charge is 0.326 e. The molecule has 0 saturated heterocycles. The van der Waals surface area contributed by atoms with E-state index in [0.29, 0.717) is 36.9 Å². The van der Waals surface area contributed by atoms with Gasteiger partial charge in [-0.25, -0.2) is 4.79 Å². The first-order chi connectivity index (χ1) is 24.8. The van der Waals surface area contributed by atoms with Gasteiger partial charge in [-0.3, -0.25) is 33.7 Å². The van der Waals surface area contributed by atoms with E-state index in [4.69, 9.17) is 0 Å². The molecule has 0 aromatic heterocycles. The fourth-order valence-corrected chi connectivity index (χ4v) is 5.73. The second-order valence-corrected chi connectivity index (χ2v) is 14.9. The highest BCUT2D eigenvalue weighted by Crippen LogP contribution is 2.13. The van der Waals surface area contributed by atoms with Crippen LogP contribution in [-0.2, 0) is 40.0 Å². The van der Waals surface area contributed by atoms with E-state index in [0.717, 1.165) is 0 Å². The number of nitrogens with zero attached hydrogens (tertiary/aromatic N) is 1. The zero-order valence-corrected chi connectivity index (χ0v) is 32.7. The molecule has 6 atom stereocenters. The standard InChI is InChI=1S/C38H62N6O9/c1-10-25(9)33(43-36(50)32(24(7)8)42-30(45)21-44(19-22(3)4)20-23(5)6)37(51)41-28(17-26-15-13-12-14-16-26)34(48)40-29(18-31(46)47)35(49)39-27(11-2)38(52)53/h12-16,22-25,27-29,32-33H,10-11,17-21H2,1-9H3,(H,39,49)(H,40,48)(H,41,51)(H,42,45)(H,43,50)(H,46,47)(H,52,53)/t25-,27?,28-,29-,32-,33-/m0/s1. The van der Waals surface area contributed by atoms with Crippen molar-refractivity contribution in [2.75, 3.05) is 19.6 Å². The molecule has 5 amide bonds. The van der Waals surface area contributed by atoms with Gasteiger partial charge in [0.25, 0.3) is 0 Å². The molecule has 15 heteroatoms. The van der Waals surface area contributed by atoms with Gasteiger partial charge in [-0.15, -0.1) is 0 Å². The molecule has 0 saturated carbocycles. The normalized spacial score (nSPS) is 14.8. The Balaban J connectivity index is 3.34. The van der Waals surface area contributed by atoms with Crippen molar-refractivity contribution in [1.29, 1.82) is 0 Å². The lowest BCUT2D eigenvalue weighted by Crippen LogP contribution is -2.61. The summed E-state index contributed by atoms with van der Waals surface area (Å²) in [5.41, 5.74) is 0.639. The van der Waals surface area contributed by atoms with E-state index in [-0.39, 0.29) is 31.2 Å². The van der Waals surface area contributed by atoms with Gasteiger partial charge in [0.1, 0.15) is 30.2 Å². The molecular formula is C38H62N6O9.